The van der Waals surface area contributed by atoms with Gasteiger partial charge in [0.25, 0.3) is 0 Å². The second kappa shape index (κ2) is 12.2. The molecule has 0 radical (unpaired) electrons. The standard InChI is InChI=1S/C32H42N2O2/c1-3-26-18-19-34(22-30(26)35-23-25-16-14-24(2)15-17-25)21-29-20-33-32(36-29)31(27-10-6-4-7-11-27)28-12-8-5-9-13-28/h4,6-7,10-11,14-17,20,26,28,30-31H,3,5,8-9,12-13,18-19,21-23H2,1-2H3/p+1. The molecule has 192 valence electrons. The fourth-order valence-corrected chi connectivity index (χ4v) is 6.38. The van der Waals surface area contributed by atoms with Gasteiger partial charge in [0.2, 0.25) is 5.89 Å². The van der Waals surface area contributed by atoms with Crippen molar-refractivity contribution in [1.29, 1.82) is 0 Å². The predicted molar refractivity (Wildman–Crippen MR) is 144 cm³/mol. The Balaban J connectivity index is 1.24. The average Bonchev–Trinajstić information content (AvgIpc) is 3.37. The van der Waals surface area contributed by atoms with Gasteiger partial charge in [-0.1, -0.05) is 92.8 Å². The molecule has 1 aliphatic heterocycles. The third-order valence-corrected chi connectivity index (χ3v) is 8.54. The number of benzene rings is 2. The van der Waals surface area contributed by atoms with Gasteiger partial charge < -0.3 is 14.1 Å². The molecular weight excluding hydrogens is 444 g/mol. The lowest BCUT2D eigenvalue weighted by Gasteiger charge is -2.35. The lowest BCUT2D eigenvalue weighted by atomic mass is 9.77. The van der Waals surface area contributed by atoms with Crippen LogP contribution in [0.3, 0.4) is 0 Å². The molecule has 2 heterocycles. The molecule has 4 atom stereocenters. The van der Waals surface area contributed by atoms with Crippen LogP contribution in [0.5, 0.6) is 0 Å². The number of aromatic nitrogens is 1. The minimum atomic E-state index is 0.270. The SMILES string of the molecule is CCC1CC[NH+](Cc2cnc(C(c3ccccc3)C3CCCCC3)o2)CC1OCc1ccc(C)cc1. The third-order valence-electron chi connectivity index (χ3n) is 8.54. The molecule has 4 unspecified atom stereocenters. The summed E-state index contributed by atoms with van der Waals surface area (Å²) >= 11 is 0. The van der Waals surface area contributed by atoms with E-state index in [-0.39, 0.29) is 5.92 Å². The van der Waals surface area contributed by atoms with Gasteiger partial charge in [-0.2, -0.15) is 0 Å². The minimum Gasteiger partial charge on any atom is -0.439 e. The van der Waals surface area contributed by atoms with Crippen molar-refractivity contribution in [3.63, 3.8) is 0 Å². The summed E-state index contributed by atoms with van der Waals surface area (Å²) in [5.41, 5.74) is 3.90. The van der Waals surface area contributed by atoms with E-state index in [1.165, 1.54) is 68.2 Å². The molecule has 2 aliphatic rings. The zero-order valence-electron chi connectivity index (χ0n) is 22.1. The van der Waals surface area contributed by atoms with Crippen molar-refractivity contribution in [2.24, 2.45) is 11.8 Å². The summed E-state index contributed by atoms with van der Waals surface area (Å²) in [4.78, 5) is 6.40. The van der Waals surface area contributed by atoms with Crippen LogP contribution in [0.25, 0.3) is 0 Å². The highest BCUT2D eigenvalue weighted by molar-refractivity contribution is 5.26. The number of nitrogens with zero attached hydrogens (tertiary/aromatic N) is 1. The first kappa shape index (κ1) is 25.2. The van der Waals surface area contributed by atoms with Crippen LogP contribution in [0.15, 0.2) is 65.2 Å². The minimum absolute atomic E-state index is 0.270. The summed E-state index contributed by atoms with van der Waals surface area (Å²) < 4.78 is 13.0. The van der Waals surface area contributed by atoms with E-state index >= 15 is 0 Å². The number of hydrogen-bond donors (Lipinski definition) is 1. The zero-order valence-corrected chi connectivity index (χ0v) is 22.1. The number of hydrogen-bond acceptors (Lipinski definition) is 3. The number of ether oxygens (including phenoxy) is 1. The van der Waals surface area contributed by atoms with Crippen molar-refractivity contribution < 1.29 is 14.1 Å². The van der Waals surface area contributed by atoms with Crippen LogP contribution in [0.2, 0.25) is 0 Å². The second-order valence-electron chi connectivity index (χ2n) is 11.1. The van der Waals surface area contributed by atoms with Gasteiger partial charge in [0, 0.05) is 6.42 Å². The Hall–Kier alpha value is -2.43. The maximum atomic E-state index is 6.51. The Morgan fingerprint density at radius 1 is 1.00 bits per heavy atom. The first-order valence-corrected chi connectivity index (χ1v) is 14.2. The highest BCUT2D eigenvalue weighted by atomic mass is 16.5. The number of oxazole rings is 1. The maximum Gasteiger partial charge on any atom is 0.202 e. The van der Waals surface area contributed by atoms with Gasteiger partial charge in [-0.15, -0.1) is 0 Å². The van der Waals surface area contributed by atoms with Crippen LogP contribution >= 0.6 is 0 Å². The Morgan fingerprint density at radius 3 is 2.53 bits per heavy atom. The molecule has 1 aromatic heterocycles. The molecule has 0 bridgehead atoms. The van der Waals surface area contributed by atoms with E-state index in [2.05, 4.69) is 68.4 Å². The van der Waals surface area contributed by atoms with E-state index in [9.17, 15) is 0 Å². The fourth-order valence-electron chi connectivity index (χ4n) is 6.38. The molecule has 3 aromatic rings. The Bertz CT molecular complexity index is 1060. The van der Waals surface area contributed by atoms with Crippen molar-refractivity contribution in [3.05, 3.63) is 89.1 Å². The lowest BCUT2D eigenvalue weighted by Crippen LogP contribution is -3.13. The quantitative estimate of drug-likeness (QED) is 0.397. The highest BCUT2D eigenvalue weighted by Crippen LogP contribution is 2.40. The molecule has 0 spiro atoms. The van der Waals surface area contributed by atoms with Gasteiger partial charge >= 0.3 is 0 Å². The van der Waals surface area contributed by atoms with Crippen molar-refractivity contribution >= 4 is 0 Å². The topological polar surface area (TPSA) is 39.7 Å². The summed E-state index contributed by atoms with van der Waals surface area (Å²) in [7, 11) is 0. The van der Waals surface area contributed by atoms with Crippen molar-refractivity contribution in [2.45, 2.75) is 84.0 Å². The molecule has 4 heteroatoms. The molecule has 1 saturated carbocycles. The number of likely N-dealkylation sites (tertiary alicyclic amines) is 1. The number of quaternary nitrogens is 1. The summed E-state index contributed by atoms with van der Waals surface area (Å²) in [5, 5.41) is 0. The molecule has 1 aliphatic carbocycles. The molecule has 36 heavy (non-hydrogen) atoms. The summed E-state index contributed by atoms with van der Waals surface area (Å²) in [6.45, 7) is 8.22. The Morgan fingerprint density at radius 2 is 1.78 bits per heavy atom. The molecule has 2 aromatic carbocycles. The Kier molecular flexibility index (Phi) is 8.55. The van der Waals surface area contributed by atoms with Gasteiger partial charge in [0.15, 0.2) is 5.76 Å². The van der Waals surface area contributed by atoms with Crippen LogP contribution in [0, 0.1) is 18.8 Å². The van der Waals surface area contributed by atoms with Gasteiger partial charge in [-0.05, 0) is 42.7 Å². The maximum absolute atomic E-state index is 6.51. The predicted octanol–water partition coefficient (Wildman–Crippen LogP) is 6.10. The normalized spacial score (nSPS) is 24.0. The zero-order chi connectivity index (χ0) is 24.7. The summed E-state index contributed by atoms with van der Waals surface area (Å²) in [6.07, 6.45) is 11.2. The second-order valence-corrected chi connectivity index (χ2v) is 11.1. The molecule has 1 saturated heterocycles. The van der Waals surface area contributed by atoms with Gasteiger partial charge in [-0.3, -0.25) is 0 Å². The van der Waals surface area contributed by atoms with Crippen molar-refractivity contribution in [1.82, 2.24) is 4.98 Å². The Labute approximate surface area is 217 Å². The van der Waals surface area contributed by atoms with E-state index in [0.29, 0.717) is 24.5 Å². The lowest BCUT2D eigenvalue weighted by molar-refractivity contribution is -0.924. The molecular formula is C32H43N2O2+. The first-order valence-electron chi connectivity index (χ1n) is 14.2. The van der Waals surface area contributed by atoms with Crippen LogP contribution < -0.4 is 4.90 Å². The van der Waals surface area contributed by atoms with Crippen molar-refractivity contribution in [3.8, 4) is 0 Å². The van der Waals surface area contributed by atoms with Crippen LogP contribution in [0.4, 0.5) is 0 Å². The molecule has 4 nitrogen and oxygen atoms in total. The highest BCUT2D eigenvalue weighted by Gasteiger charge is 2.34. The molecule has 0 amide bonds. The summed E-state index contributed by atoms with van der Waals surface area (Å²) in [6, 6.07) is 19.6. The van der Waals surface area contributed by atoms with Crippen molar-refractivity contribution in [2.75, 3.05) is 13.1 Å². The molecule has 1 N–H and O–H groups in total. The van der Waals surface area contributed by atoms with E-state index in [0.717, 1.165) is 24.7 Å². The van der Waals surface area contributed by atoms with Gasteiger partial charge in [0.05, 0.1) is 25.3 Å². The van der Waals surface area contributed by atoms with E-state index < -0.39 is 0 Å². The third kappa shape index (κ3) is 6.27. The number of rotatable bonds is 9. The molecule has 2 fully saturated rings. The van der Waals surface area contributed by atoms with E-state index in [1.807, 2.05) is 6.20 Å². The van der Waals surface area contributed by atoms with E-state index in [1.54, 1.807) is 4.90 Å². The molecule has 5 rings (SSSR count). The fraction of sp³-hybridized carbons (Fsp3) is 0.531. The number of aryl methyl sites for hydroxylation is 1. The van der Waals surface area contributed by atoms with Gasteiger partial charge in [0.1, 0.15) is 19.2 Å². The van der Waals surface area contributed by atoms with Crippen LogP contribution in [-0.4, -0.2) is 24.2 Å². The average molecular weight is 488 g/mol. The largest absolute Gasteiger partial charge is 0.439 e. The monoisotopic (exact) mass is 487 g/mol. The number of piperidine rings is 1. The van der Waals surface area contributed by atoms with E-state index in [4.69, 9.17) is 14.1 Å². The van der Waals surface area contributed by atoms with Gasteiger partial charge in [-0.25, -0.2) is 4.98 Å². The van der Waals surface area contributed by atoms with Crippen LogP contribution in [0.1, 0.15) is 86.1 Å². The summed E-state index contributed by atoms with van der Waals surface area (Å²) in [5.74, 6) is 3.46. The first-order chi connectivity index (χ1) is 17.7. The van der Waals surface area contributed by atoms with Crippen LogP contribution in [-0.2, 0) is 17.9 Å². The number of nitrogens with one attached hydrogen (secondary N) is 1. The smallest absolute Gasteiger partial charge is 0.202 e.